The molecule has 0 aliphatic heterocycles. The van der Waals surface area contributed by atoms with Crippen LogP contribution in [-0.2, 0) is 13.0 Å². The molecule has 26 heavy (non-hydrogen) atoms. The Morgan fingerprint density at radius 2 is 1.69 bits per heavy atom. The third-order valence-electron chi connectivity index (χ3n) is 4.41. The van der Waals surface area contributed by atoms with Gasteiger partial charge in [-0.15, -0.1) is 0 Å². The van der Waals surface area contributed by atoms with Crippen molar-refractivity contribution < 1.29 is 13.9 Å². The number of methoxy groups -OCH3 is 2. The van der Waals surface area contributed by atoms with E-state index in [1.54, 1.807) is 14.2 Å². The second-order valence-electron chi connectivity index (χ2n) is 6.25. The average Bonchev–Trinajstić information content (AvgIpc) is 3.10. The fourth-order valence-electron chi connectivity index (χ4n) is 3.04. The van der Waals surface area contributed by atoms with Crippen LogP contribution >= 0.6 is 0 Å². The number of benzene rings is 2. The van der Waals surface area contributed by atoms with Crippen molar-refractivity contribution in [2.24, 2.45) is 0 Å². The van der Waals surface area contributed by atoms with Gasteiger partial charge in [-0.1, -0.05) is 36.4 Å². The molecule has 0 radical (unpaired) electrons. The van der Waals surface area contributed by atoms with Gasteiger partial charge in [-0.3, -0.25) is 0 Å². The van der Waals surface area contributed by atoms with Crippen LogP contribution in [0.2, 0.25) is 0 Å². The first kappa shape index (κ1) is 18.1. The number of furan rings is 1. The van der Waals surface area contributed by atoms with Crippen LogP contribution in [0.25, 0.3) is 0 Å². The van der Waals surface area contributed by atoms with Crippen LogP contribution in [0, 0.1) is 6.92 Å². The number of aryl methyl sites for hydroxylation is 1. The van der Waals surface area contributed by atoms with E-state index in [-0.39, 0.29) is 6.04 Å². The first-order chi connectivity index (χ1) is 12.7. The normalized spacial score (nSPS) is 12.0. The van der Waals surface area contributed by atoms with Gasteiger partial charge in [0.1, 0.15) is 11.5 Å². The lowest BCUT2D eigenvalue weighted by Gasteiger charge is -2.20. The molecule has 0 aliphatic carbocycles. The molecule has 0 fully saturated rings. The van der Waals surface area contributed by atoms with Crippen molar-refractivity contribution in [3.63, 3.8) is 0 Å². The van der Waals surface area contributed by atoms with Crippen molar-refractivity contribution >= 4 is 0 Å². The predicted octanol–water partition coefficient (Wildman–Crippen LogP) is 4.68. The summed E-state index contributed by atoms with van der Waals surface area (Å²) in [5, 5.41) is 3.61. The summed E-state index contributed by atoms with van der Waals surface area (Å²) >= 11 is 0. The Labute approximate surface area is 154 Å². The van der Waals surface area contributed by atoms with Crippen molar-refractivity contribution in [3.8, 4) is 11.5 Å². The summed E-state index contributed by atoms with van der Waals surface area (Å²) in [6.45, 7) is 2.64. The van der Waals surface area contributed by atoms with Crippen molar-refractivity contribution in [2.75, 3.05) is 14.2 Å². The predicted molar refractivity (Wildman–Crippen MR) is 103 cm³/mol. The molecular weight excluding hydrogens is 326 g/mol. The number of nitrogens with one attached hydrogen (secondary N) is 1. The first-order valence-electron chi connectivity index (χ1n) is 8.74. The van der Waals surface area contributed by atoms with Crippen LogP contribution in [0.5, 0.6) is 11.5 Å². The second-order valence-corrected chi connectivity index (χ2v) is 6.25. The van der Waals surface area contributed by atoms with Crippen LogP contribution in [-0.4, -0.2) is 14.2 Å². The quantitative estimate of drug-likeness (QED) is 0.640. The van der Waals surface area contributed by atoms with E-state index < -0.39 is 0 Å². The molecule has 2 aromatic carbocycles. The number of rotatable bonds is 8. The largest absolute Gasteiger partial charge is 0.493 e. The Balaban J connectivity index is 1.79. The van der Waals surface area contributed by atoms with E-state index in [4.69, 9.17) is 13.9 Å². The molecule has 0 saturated carbocycles. The molecular formula is C22H25NO3. The van der Waals surface area contributed by atoms with Gasteiger partial charge in [0.25, 0.3) is 0 Å². The average molecular weight is 351 g/mol. The van der Waals surface area contributed by atoms with Gasteiger partial charge in [0.15, 0.2) is 11.5 Å². The number of hydrogen-bond acceptors (Lipinski definition) is 4. The van der Waals surface area contributed by atoms with E-state index >= 15 is 0 Å². The highest BCUT2D eigenvalue weighted by Gasteiger charge is 2.14. The maximum atomic E-state index is 5.69. The summed E-state index contributed by atoms with van der Waals surface area (Å²) in [5.74, 6) is 3.36. The van der Waals surface area contributed by atoms with E-state index in [0.717, 1.165) is 29.4 Å². The Morgan fingerprint density at radius 3 is 2.35 bits per heavy atom. The van der Waals surface area contributed by atoms with E-state index in [9.17, 15) is 0 Å². The number of hydrogen-bond donors (Lipinski definition) is 1. The van der Waals surface area contributed by atoms with Gasteiger partial charge in [-0.2, -0.15) is 0 Å². The lowest BCUT2D eigenvalue weighted by atomic mass is 9.98. The molecule has 3 rings (SSSR count). The molecule has 0 amide bonds. The SMILES string of the molecule is COc1ccc(CC(NCc2ccc(C)o2)c2ccccc2)cc1OC. The Kier molecular flexibility index (Phi) is 5.97. The molecule has 4 nitrogen and oxygen atoms in total. The van der Waals surface area contributed by atoms with E-state index in [0.29, 0.717) is 6.54 Å². The summed E-state index contributed by atoms with van der Waals surface area (Å²) in [5.41, 5.74) is 2.42. The molecule has 1 aromatic heterocycles. The monoisotopic (exact) mass is 351 g/mol. The van der Waals surface area contributed by atoms with E-state index in [2.05, 4.69) is 35.6 Å². The molecule has 0 saturated heterocycles. The summed E-state index contributed by atoms with van der Waals surface area (Å²) in [6, 6.07) is 20.7. The van der Waals surface area contributed by atoms with Crippen molar-refractivity contribution in [3.05, 3.63) is 83.3 Å². The first-order valence-corrected chi connectivity index (χ1v) is 8.74. The minimum absolute atomic E-state index is 0.166. The lowest BCUT2D eigenvalue weighted by molar-refractivity contribution is 0.354. The molecule has 3 aromatic rings. The van der Waals surface area contributed by atoms with E-state index in [1.165, 1.54) is 11.1 Å². The van der Waals surface area contributed by atoms with Crippen LogP contribution in [0.3, 0.4) is 0 Å². The maximum absolute atomic E-state index is 5.69. The fourth-order valence-corrected chi connectivity index (χ4v) is 3.04. The Bertz CT molecular complexity index is 826. The van der Waals surface area contributed by atoms with Gasteiger partial charge < -0.3 is 19.2 Å². The molecule has 0 spiro atoms. The zero-order valence-electron chi connectivity index (χ0n) is 15.5. The third-order valence-corrected chi connectivity index (χ3v) is 4.41. The van der Waals surface area contributed by atoms with Gasteiger partial charge >= 0.3 is 0 Å². The molecule has 1 unspecified atom stereocenters. The molecule has 0 bridgehead atoms. The third kappa shape index (κ3) is 4.46. The van der Waals surface area contributed by atoms with Gasteiger partial charge in [0, 0.05) is 6.04 Å². The zero-order chi connectivity index (χ0) is 18.4. The summed E-state index contributed by atoms with van der Waals surface area (Å²) < 4.78 is 16.5. The molecule has 1 atom stereocenters. The van der Waals surface area contributed by atoms with Gasteiger partial charge in [0.05, 0.1) is 20.8 Å². The van der Waals surface area contributed by atoms with Crippen LogP contribution in [0.1, 0.15) is 28.7 Å². The van der Waals surface area contributed by atoms with Crippen LogP contribution in [0.4, 0.5) is 0 Å². The molecule has 0 aliphatic rings. The smallest absolute Gasteiger partial charge is 0.160 e. The molecule has 1 N–H and O–H groups in total. The zero-order valence-corrected chi connectivity index (χ0v) is 15.5. The maximum Gasteiger partial charge on any atom is 0.160 e. The van der Waals surface area contributed by atoms with Crippen molar-refractivity contribution in [2.45, 2.75) is 25.9 Å². The highest BCUT2D eigenvalue weighted by atomic mass is 16.5. The topological polar surface area (TPSA) is 43.6 Å². The number of ether oxygens (including phenoxy) is 2. The minimum atomic E-state index is 0.166. The van der Waals surface area contributed by atoms with E-state index in [1.807, 2.05) is 37.3 Å². The van der Waals surface area contributed by atoms with Crippen LogP contribution in [0.15, 0.2) is 65.1 Å². The highest BCUT2D eigenvalue weighted by molar-refractivity contribution is 5.43. The van der Waals surface area contributed by atoms with Crippen LogP contribution < -0.4 is 14.8 Å². The summed E-state index contributed by atoms with van der Waals surface area (Å²) in [4.78, 5) is 0. The highest BCUT2D eigenvalue weighted by Crippen LogP contribution is 2.29. The van der Waals surface area contributed by atoms with Crippen molar-refractivity contribution in [1.82, 2.24) is 5.32 Å². The molecule has 4 heteroatoms. The van der Waals surface area contributed by atoms with Gasteiger partial charge in [0.2, 0.25) is 0 Å². The Hall–Kier alpha value is -2.72. The lowest BCUT2D eigenvalue weighted by Crippen LogP contribution is -2.22. The molecule has 136 valence electrons. The second kappa shape index (κ2) is 8.59. The van der Waals surface area contributed by atoms with Crippen molar-refractivity contribution in [1.29, 1.82) is 0 Å². The minimum Gasteiger partial charge on any atom is -0.493 e. The van der Waals surface area contributed by atoms with Gasteiger partial charge in [-0.05, 0) is 48.7 Å². The summed E-state index contributed by atoms with van der Waals surface area (Å²) in [6.07, 6.45) is 0.837. The standard InChI is InChI=1S/C22H25NO3/c1-16-9-11-19(26-16)15-23-20(18-7-5-4-6-8-18)13-17-10-12-21(24-2)22(14-17)25-3/h4-12,14,20,23H,13,15H2,1-3H3. The van der Waals surface area contributed by atoms with Gasteiger partial charge in [-0.25, -0.2) is 0 Å². The fraction of sp³-hybridized carbons (Fsp3) is 0.273. The Morgan fingerprint density at radius 1 is 0.923 bits per heavy atom. The summed E-state index contributed by atoms with van der Waals surface area (Å²) in [7, 11) is 3.31. The molecule has 1 heterocycles.